The Labute approximate surface area is 104 Å². The van der Waals surface area contributed by atoms with E-state index in [1.165, 1.54) is 0 Å². The maximum atomic E-state index is 11.4. The summed E-state index contributed by atoms with van der Waals surface area (Å²) in [5, 5.41) is 2.76. The van der Waals surface area contributed by atoms with Crippen LogP contribution >= 0.6 is 15.9 Å². The van der Waals surface area contributed by atoms with Crippen molar-refractivity contribution in [3.63, 3.8) is 0 Å². The van der Waals surface area contributed by atoms with Crippen LogP contribution < -0.4 is 10.1 Å². The quantitative estimate of drug-likeness (QED) is 0.667. The summed E-state index contributed by atoms with van der Waals surface area (Å²) in [5.41, 5.74) is 0.752. The molecular formula is C12H14BrNO2. The van der Waals surface area contributed by atoms with Crippen LogP contribution in [0, 0.1) is 0 Å². The molecule has 0 spiro atoms. The van der Waals surface area contributed by atoms with Crippen LogP contribution in [0.2, 0.25) is 0 Å². The largest absolute Gasteiger partial charge is 0.490 e. The fraction of sp³-hybridized carbons (Fsp3) is 0.250. The molecule has 3 nitrogen and oxygen atoms in total. The number of anilines is 1. The highest BCUT2D eigenvalue weighted by molar-refractivity contribution is 9.10. The topological polar surface area (TPSA) is 38.3 Å². The predicted molar refractivity (Wildman–Crippen MR) is 69.2 cm³/mol. The van der Waals surface area contributed by atoms with Gasteiger partial charge in [0, 0.05) is 5.69 Å². The van der Waals surface area contributed by atoms with E-state index in [0.29, 0.717) is 6.61 Å². The molecule has 1 aromatic rings. The van der Waals surface area contributed by atoms with Crippen molar-refractivity contribution in [2.45, 2.75) is 11.8 Å². The van der Waals surface area contributed by atoms with Gasteiger partial charge in [0.25, 0.3) is 0 Å². The Balaban J connectivity index is 2.57. The fourth-order valence-corrected chi connectivity index (χ4v) is 1.15. The molecule has 0 bridgehead atoms. The van der Waals surface area contributed by atoms with Crippen LogP contribution in [0.1, 0.15) is 6.92 Å². The summed E-state index contributed by atoms with van der Waals surface area (Å²) in [6.45, 7) is 5.82. The zero-order valence-electron chi connectivity index (χ0n) is 9.07. The van der Waals surface area contributed by atoms with Gasteiger partial charge in [0.05, 0.1) is 4.83 Å². The first-order valence-electron chi connectivity index (χ1n) is 4.92. The van der Waals surface area contributed by atoms with Crippen LogP contribution in [0.25, 0.3) is 0 Å². The summed E-state index contributed by atoms with van der Waals surface area (Å²) >= 11 is 3.20. The molecule has 0 radical (unpaired) electrons. The molecule has 4 heteroatoms. The van der Waals surface area contributed by atoms with E-state index in [9.17, 15) is 4.79 Å². The maximum absolute atomic E-state index is 11.4. The Morgan fingerprint density at radius 1 is 1.56 bits per heavy atom. The summed E-state index contributed by atoms with van der Waals surface area (Å²) in [7, 11) is 0. The summed E-state index contributed by atoms with van der Waals surface area (Å²) in [5.74, 6) is 0.685. The van der Waals surface area contributed by atoms with E-state index in [1.54, 1.807) is 37.3 Å². The molecule has 1 N–H and O–H groups in total. The van der Waals surface area contributed by atoms with Gasteiger partial charge in [0.2, 0.25) is 5.91 Å². The number of ether oxygens (including phenoxy) is 1. The normalized spacial score (nSPS) is 11.6. The molecule has 0 aromatic heterocycles. The number of hydrogen-bond donors (Lipinski definition) is 1. The van der Waals surface area contributed by atoms with Gasteiger partial charge in [-0.15, -0.1) is 0 Å². The molecule has 0 heterocycles. The minimum Gasteiger partial charge on any atom is -0.490 e. The molecule has 86 valence electrons. The molecule has 0 aliphatic rings. The van der Waals surface area contributed by atoms with E-state index in [-0.39, 0.29) is 10.7 Å². The first-order chi connectivity index (χ1) is 7.63. The Morgan fingerprint density at radius 3 is 2.69 bits per heavy atom. The van der Waals surface area contributed by atoms with Crippen LogP contribution in [0.3, 0.4) is 0 Å². The predicted octanol–water partition coefficient (Wildman–Crippen LogP) is 2.97. The summed E-state index contributed by atoms with van der Waals surface area (Å²) in [4.78, 5) is 11.2. The Morgan fingerprint density at radius 2 is 2.19 bits per heavy atom. The van der Waals surface area contributed by atoms with Crippen molar-refractivity contribution in [1.82, 2.24) is 0 Å². The van der Waals surface area contributed by atoms with Gasteiger partial charge in [-0.25, -0.2) is 0 Å². The third-order valence-corrected chi connectivity index (χ3v) is 2.27. The van der Waals surface area contributed by atoms with E-state index < -0.39 is 0 Å². The van der Waals surface area contributed by atoms with E-state index in [2.05, 4.69) is 27.8 Å². The molecular weight excluding hydrogens is 270 g/mol. The summed E-state index contributed by atoms with van der Waals surface area (Å²) in [6, 6.07) is 7.20. The third kappa shape index (κ3) is 4.06. The van der Waals surface area contributed by atoms with Crippen LogP contribution in [-0.4, -0.2) is 17.3 Å². The minimum absolute atomic E-state index is 0.0697. The molecule has 0 saturated heterocycles. The molecule has 16 heavy (non-hydrogen) atoms. The molecule has 1 aromatic carbocycles. The average Bonchev–Trinajstić information content (AvgIpc) is 2.28. The second kappa shape index (κ2) is 6.33. The molecule has 0 saturated carbocycles. The van der Waals surface area contributed by atoms with Crippen molar-refractivity contribution in [3.8, 4) is 5.75 Å². The van der Waals surface area contributed by atoms with Gasteiger partial charge in [0.15, 0.2) is 0 Å². The third-order valence-electron chi connectivity index (χ3n) is 1.85. The number of halogens is 1. The zero-order chi connectivity index (χ0) is 12.0. The van der Waals surface area contributed by atoms with Crippen LogP contribution in [0.15, 0.2) is 36.9 Å². The summed E-state index contributed by atoms with van der Waals surface area (Å²) in [6.07, 6.45) is 1.68. The van der Waals surface area contributed by atoms with Crippen molar-refractivity contribution >= 4 is 27.5 Å². The van der Waals surface area contributed by atoms with Crippen molar-refractivity contribution in [2.75, 3.05) is 11.9 Å². The minimum atomic E-state index is -0.204. The Bertz CT molecular complexity index is 360. The number of carbonyl (C=O) groups is 1. The Hall–Kier alpha value is -1.29. The van der Waals surface area contributed by atoms with Crippen molar-refractivity contribution in [3.05, 3.63) is 36.9 Å². The van der Waals surface area contributed by atoms with Gasteiger partial charge in [-0.1, -0.05) is 28.6 Å². The highest BCUT2D eigenvalue weighted by atomic mass is 79.9. The maximum Gasteiger partial charge on any atom is 0.237 e. The number of hydrogen-bond acceptors (Lipinski definition) is 2. The number of carbonyl (C=O) groups excluding carboxylic acids is 1. The number of rotatable bonds is 5. The van der Waals surface area contributed by atoms with E-state index in [4.69, 9.17) is 4.74 Å². The molecule has 0 aliphatic heterocycles. The highest BCUT2D eigenvalue weighted by Crippen LogP contribution is 2.16. The number of nitrogens with one attached hydrogen (secondary N) is 1. The SMILES string of the molecule is C=CCOc1ccc(NC(=O)C(C)Br)cc1. The second-order valence-corrected chi connectivity index (χ2v) is 4.60. The zero-order valence-corrected chi connectivity index (χ0v) is 10.7. The monoisotopic (exact) mass is 283 g/mol. The highest BCUT2D eigenvalue weighted by Gasteiger charge is 2.08. The van der Waals surface area contributed by atoms with Crippen molar-refractivity contribution in [2.24, 2.45) is 0 Å². The van der Waals surface area contributed by atoms with Gasteiger partial charge in [-0.2, -0.15) is 0 Å². The van der Waals surface area contributed by atoms with Crippen LogP contribution in [-0.2, 0) is 4.79 Å². The average molecular weight is 284 g/mol. The summed E-state index contributed by atoms with van der Waals surface area (Å²) < 4.78 is 5.32. The molecule has 1 rings (SSSR count). The van der Waals surface area contributed by atoms with Crippen molar-refractivity contribution in [1.29, 1.82) is 0 Å². The lowest BCUT2D eigenvalue weighted by Gasteiger charge is -2.08. The lowest BCUT2D eigenvalue weighted by atomic mass is 10.3. The van der Waals surface area contributed by atoms with Gasteiger partial charge < -0.3 is 10.1 Å². The number of amides is 1. The molecule has 1 unspecified atom stereocenters. The van der Waals surface area contributed by atoms with Gasteiger partial charge in [-0.05, 0) is 31.2 Å². The number of benzene rings is 1. The fourth-order valence-electron chi connectivity index (χ4n) is 1.03. The smallest absolute Gasteiger partial charge is 0.237 e. The first-order valence-corrected chi connectivity index (χ1v) is 5.83. The van der Waals surface area contributed by atoms with E-state index in [1.807, 2.05) is 0 Å². The lowest BCUT2D eigenvalue weighted by molar-refractivity contribution is -0.115. The number of alkyl halides is 1. The standard InChI is InChI=1S/C12H14BrNO2/c1-3-8-16-11-6-4-10(5-7-11)14-12(15)9(2)13/h3-7,9H,1,8H2,2H3,(H,14,15). The first kappa shape index (κ1) is 12.8. The molecule has 0 aliphatic carbocycles. The van der Waals surface area contributed by atoms with E-state index in [0.717, 1.165) is 11.4 Å². The van der Waals surface area contributed by atoms with Crippen LogP contribution in [0.5, 0.6) is 5.75 Å². The molecule has 1 atom stereocenters. The molecule has 1 amide bonds. The van der Waals surface area contributed by atoms with E-state index >= 15 is 0 Å². The van der Waals surface area contributed by atoms with Gasteiger partial charge in [0.1, 0.15) is 12.4 Å². The van der Waals surface area contributed by atoms with Crippen LogP contribution in [0.4, 0.5) is 5.69 Å². The Kier molecular flexibility index (Phi) is 5.05. The second-order valence-electron chi connectivity index (χ2n) is 3.23. The lowest BCUT2D eigenvalue weighted by Crippen LogP contribution is -2.19. The van der Waals surface area contributed by atoms with Crippen molar-refractivity contribution < 1.29 is 9.53 Å². The van der Waals surface area contributed by atoms with Gasteiger partial charge in [-0.3, -0.25) is 4.79 Å². The molecule has 0 fully saturated rings. The van der Waals surface area contributed by atoms with Gasteiger partial charge >= 0.3 is 0 Å².